The van der Waals surface area contributed by atoms with Gasteiger partial charge in [0.05, 0.1) is 15.6 Å². The summed E-state index contributed by atoms with van der Waals surface area (Å²) in [6.45, 7) is 4.67. The van der Waals surface area contributed by atoms with Crippen LogP contribution in [0.5, 0.6) is 5.75 Å². The third-order valence-electron chi connectivity index (χ3n) is 2.31. The number of nitrogens with two attached hydrogens (primary N) is 1. The van der Waals surface area contributed by atoms with Crippen LogP contribution in [0.4, 0.5) is 0 Å². The molecule has 3 nitrogen and oxygen atoms in total. The molecule has 18 heavy (non-hydrogen) atoms. The molecule has 1 aromatic rings. The van der Waals surface area contributed by atoms with Crippen molar-refractivity contribution < 1.29 is 9.47 Å². The molecule has 0 saturated carbocycles. The van der Waals surface area contributed by atoms with Crippen LogP contribution in [0.25, 0.3) is 0 Å². The lowest BCUT2D eigenvalue weighted by Crippen LogP contribution is -2.08. The second kappa shape index (κ2) is 8.91. The highest BCUT2D eigenvalue weighted by Gasteiger charge is 2.08. The summed E-state index contributed by atoms with van der Waals surface area (Å²) in [5.41, 5.74) is 6.73. The first-order valence-electron chi connectivity index (χ1n) is 6.07. The van der Waals surface area contributed by atoms with Crippen LogP contribution < -0.4 is 10.5 Å². The molecule has 0 aliphatic carbocycles. The van der Waals surface area contributed by atoms with E-state index in [1.54, 1.807) is 0 Å². The molecule has 0 heterocycles. The lowest BCUT2D eigenvalue weighted by molar-refractivity contribution is 0.100. The fraction of sp³-hybridized carbons (Fsp3) is 0.538. The van der Waals surface area contributed by atoms with Crippen LogP contribution in [0.2, 0.25) is 0 Å². The van der Waals surface area contributed by atoms with E-state index < -0.39 is 0 Å². The standard InChI is InChI=1S/C13H19Br2NO2/c1-2-5-17-6-7-18-13-11(14)8-10(3-4-16)9-12(13)15/h8-9H,2-7,16H2,1H3. The van der Waals surface area contributed by atoms with Gasteiger partial charge in [0.2, 0.25) is 0 Å². The zero-order valence-corrected chi connectivity index (χ0v) is 13.7. The Bertz CT molecular complexity index is 349. The Morgan fingerprint density at radius 3 is 2.33 bits per heavy atom. The molecule has 0 radical (unpaired) electrons. The topological polar surface area (TPSA) is 44.5 Å². The van der Waals surface area contributed by atoms with Crippen molar-refractivity contribution in [1.29, 1.82) is 0 Å². The van der Waals surface area contributed by atoms with E-state index >= 15 is 0 Å². The predicted octanol–water partition coefficient (Wildman–Crippen LogP) is 3.52. The minimum absolute atomic E-state index is 0.549. The van der Waals surface area contributed by atoms with Crippen molar-refractivity contribution in [3.63, 3.8) is 0 Å². The van der Waals surface area contributed by atoms with Crippen LogP contribution in [-0.4, -0.2) is 26.4 Å². The average Bonchev–Trinajstić information content (AvgIpc) is 2.32. The van der Waals surface area contributed by atoms with Gasteiger partial charge in [0.25, 0.3) is 0 Å². The van der Waals surface area contributed by atoms with E-state index in [9.17, 15) is 0 Å². The number of ether oxygens (including phenoxy) is 2. The van der Waals surface area contributed by atoms with E-state index in [1.165, 1.54) is 5.56 Å². The summed E-state index contributed by atoms with van der Waals surface area (Å²) in [6.07, 6.45) is 1.89. The molecule has 0 fully saturated rings. The monoisotopic (exact) mass is 379 g/mol. The molecule has 0 spiro atoms. The number of halogens is 2. The van der Waals surface area contributed by atoms with Crippen molar-refractivity contribution in [3.8, 4) is 5.75 Å². The van der Waals surface area contributed by atoms with E-state index in [2.05, 4.69) is 38.8 Å². The molecule has 0 unspecified atom stereocenters. The van der Waals surface area contributed by atoms with Gasteiger partial charge in [-0.05, 0) is 68.9 Å². The molecule has 1 aromatic carbocycles. The quantitative estimate of drug-likeness (QED) is 0.701. The molecule has 1 rings (SSSR count). The molecule has 0 saturated heterocycles. The van der Waals surface area contributed by atoms with Gasteiger partial charge < -0.3 is 15.2 Å². The van der Waals surface area contributed by atoms with Gasteiger partial charge in [-0.2, -0.15) is 0 Å². The van der Waals surface area contributed by atoms with Gasteiger partial charge in [-0.1, -0.05) is 6.92 Å². The van der Waals surface area contributed by atoms with Gasteiger partial charge >= 0.3 is 0 Å². The molecule has 102 valence electrons. The van der Waals surface area contributed by atoms with Crippen LogP contribution in [0.15, 0.2) is 21.1 Å². The van der Waals surface area contributed by atoms with Crippen LogP contribution >= 0.6 is 31.9 Å². The Labute approximate surface area is 125 Å². The van der Waals surface area contributed by atoms with Gasteiger partial charge in [0, 0.05) is 6.61 Å². The summed E-state index contributed by atoms with van der Waals surface area (Å²) >= 11 is 7.03. The first-order chi connectivity index (χ1) is 8.69. The highest BCUT2D eigenvalue weighted by atomic mass is 79.9. The fourth-order valence-electron chi connectivity index (χ4n) is 1.51. The molecule has 5 heteroatoms. The van der Waals surface area contributed by atoms with E-state index in [0.717, 1.165) is 34.1 Å². The summed E-state index contributed by atoms with van der Waals surface area (Å²) in [5, 5.41) is 0. The van der Waals surface area contributed by atoms with E-state index in [0.29, 0.717) is 19.8 Å². The van der Waals surface area contributed by atoms with Crippen molar-refractivity contribution in [2.24, 2.45) is 5.73 Å². The Kier molecular flexibility index (Phi) is 7.90. The molecule has 0 bridgehead atoms. The summed E-state index contributed by atoms with van der Waals surface area (Å²) in [5.74, 6) is 0.816. The molecule has 0 aliphatic rings. The van der Waals surface area contributed by atoms with Crippen molar-refractivity contribution in [2.45, 2.75) is 19.8 Å². The summed E-state index contributed by atoms with van der Waals surface area (Å²) < 4.78 is 13.0. The van der Waals surface area contributed by atoms with Crippen LogP contribution in [-0.2, 0) is 11.2 Å². The Morgan fingerprint density at radius 1 is 1.11 bits per heavy atom. The lowest BCUT2D eigenvalue weighted by Gasteiger charge is -2.12. The minimum Gasteiger partial charge on any atom is -0.489 e. The van der Waals surface area contributed by atoms with E-state index in [-0.39, 0.29) is 0 Å². The minimum atomic E-state index is 0.549. The molecule has 0 atom stereocenters. The first-order valence-corrected chi connectivity index (χ1v) is 7.66. The number of hydrogen-bond acceptors (Lipinski definition) is 3. The maximum absolute atomic E-state index is 5.70. The number of hydrogen-bond donors (Lipinski definition) is 1. The number of benzene rings is 1. The van der Waals surface area contributed by atoms with Crippen LogP contribution in [0.1, 0.15) is 18.9 Å². The third-order valence-corrected chi connectivity index (χ3v) is 3.49. The normalized spacial score (nSPS) is 10.7. The second-order valence-electron chi connectivity index (χ2n) is 3.89. The summed E-state index contributed by atoms with van der Waals surface area (Å²) in [4.78, 5) is 0. The first kappa shape index (κ1) is 16.0. The molecule has 0 aliphatic heterocycles. The van der Waals surface area contributed by atoms with Crippen molar-refractivity contribution in [1.82, 2.24) is 0 Å². The van der Waals surface area contributed by atoms with E-state index in [4.69, 9.17) is 15.2 Å². The molecule has 0 aromatic heterocycles. The average molecular weight is 381 g/mol. The SMILES string of the molecule is CCCOCCOc1c(Br)cc(CCN)cc1Br. The Morgan fingerprint density at radius 2 is 1.78 bits per heavy atom. The Balaban J connectivity index is 2.54. The zero-order chi connectivity index (χ0) is 13.4. The van der Waals surface area contributed by atoms with Gasteiger partial charge in [0.15, 0.2) is 0 Å². The second-order valence-corrected chi connectivity index (χ2v) is 5.60. The Hall–Kier alpha value is -0.100. The molecule has 0 amide bonds. The van der Waals surface area contributed by atoms with Gasteiger partial charge in [-0.25, -0.2) is 0 Å². The molecular weight excluding hydrogens is 362 g/mol. The number of rotatable bonds is 8. The van der Waals surface area contributed by atoms with Gasteiger partial charge in [0.1, 0.15) is 12.4 Å². The lowest BCUT2D eigenvalue weighted by atomic mass is 10.1. The van der Waals surface area contributed by atoms with Gasteiger partial charge in [-0.3, -0.25) is 0 Å². The fourth-order valence-corrected chi connectivity index (χ4v) is 3.02. The van der Waals surface area contributed by atoms with Crippen LogP contribution in [0, 0.1) is 0 Å². The maximum Gasteiger partial charge on any atom is 0.147 e. The van der Waals surface area contributed by atoms with Crippen molar-refractivity contribution >= 4 is 31.9 Å². The van der Waals surface area contributed by atoms with Crippen molar-refractivity contribution in [3.05, 3.63) is 26.6 Å². The smallest absolute Gasteiger partial charge is 0.147 e. The predicted molar refractivity (Wildman–Crippen MR) is 81.2 cm³/mol. The highest BCUT2D eigenvalue weighted by Crippen LogP contribution is 2.34. The zero-order valence-electron chi connectivity index (χ0n) is 10.5. The summed E-state index contributed by atoms with van der Waals surface area (Å²) in [7, 11) is 0. The maximum atomic E-state index is 5.70. The van der Waals surface area contributed by atoms with E-state index in [1.807, 2.05) is 12.1 Å². The molecule has 2 N–H and O–H groups in total. The van der Waals surface area contributed by atoms with Crippen LogP contribution in [0.3, 0.4) is 0 Å². The van der Waals surface area contributed by atoms with Crippen molar-refractivity contribution in [2.75, 3.05) is 26.4 Å². The molecular formula is C13H19Br2NO2. The summed E-state index contributed by atoms with van der Waals surface area (Å²) in [6, 6.07) is 4.08. The highest BCUT2D eigenvalue weighted by molar-refractivity contribution is 9.11. The largest absolute Gasteiger partial charge is 0.489 e. The van der Waals surface area contributed by atoms with Gasteiger partial charge in [-0.15, -0.1) is 0 Å². The third kappa shape index (κ3) is 5.26.